The van der Waals surface area contributed by atoms with E-state index in [4.69, 9.17) is 5.73 Å². The fourth-order valence-corrected chi connectivity index (χ4v) is 3.67. The van der Waals surface area contributed by atoms with Crippen LogP contribution < -0.4 is 5.73 Å². The smallest absolute Gasteiger partial charge is 0.115 e. The maximum absolute atomic E-state index is 9.41. The first-order chi connectivity index (χ1) is 10.1. The third-order valence-electron chi connectivity index (χ3n) is 5.21. The predicted octanol–water partition coefficient (Wildman–Crippen LogP) is 1.95. The molecule has 0 amide bonds. The number of rotatable bonds is 3. The van der Waals surface area contributed by atoms with E-state index in [0.29, 0.717) is 23.9 Å². The number of aromatic hydroxyl groups is 1. The lowest BCUT2D eigenvalue weighted by atomic mass is 10.0. The van der Waals surface area contributed by atoms with Crippen LogP contribution in [-0.2, 0) is 0 Å². The minimum absolute atomic E-state index is 0.343. The Morgan fingerprint density at radius 2 is 1.76 bits per heavy atom. The van der Waals surface area contributed by atoms with Crippen molar-refractivity contribution in [3.8, 4) is 5.75 Å². The minimum Gasteiger partial charge on any atom is -0.508 e. The number of nitrogens with zero attached hydrogens (tertiary/aromatic N) is 2. The van der Waals surface area contributed by atoms with E-state index in [2.05, 4.69) is 16.7 Å². The number of piperidine rings is 1. The molecule has 1 aromatic carbocycles. The molecule has 2 atom stereocenters. The average molecular weight is 289 g/mol. The highest BCUT2D eigenvalue weighted by molar-refractivity contribution is 5.27. The fraction of sp³-hybridized carbons (Fsp3) is 0.647. The molecule has 2 heterocycles. The fourth-order valence-electron chi connectivity index (χ4n) is 3.67. The number of phenolic OH excluding ortho intramolecular Hbond substituents is 1. The Balaban J connectivity index is 1.57. The summed E-state index contributed by atoms with van der Waals surface area (Å²) in [5.74, 6) is 0.343. The van der Waals surface area contributed by atoms with E-state index in [-0.39, 0.29) is 0 Å². The van der Waals surface area contributed by atoms with Crippen LogP contribution in [0, 0.1) is 0 Å². The zero-order chi connectivity index (χ0) is 14.8. The third kappa shape index (κ3) is 3.39. The zero-order valence-corrected chi connectivity index (χ0v) is 12.9. The summed E-state index contributed by atoms with van der Waals surface area (Å²) in [5, 5.41) is 9.41. The highest BCUT2D eigenvalue weighted by Crippen LogP contribution is 2.28. The molecular formula is C17H27N3O. The van der Waals surface area contributed by atoms with Crippen molar-refractivity contribution in [2.45, 2.75) is 44.3 Å². The summed E-state index contributed by atoms with van der Waals surface area (Å²) in [6, 6.07) is 9.16. The molecule has 0 saturated carbocycles. The number of likely N-dealkylation sites (tertiary alicyclic amines) is 2. The first-order valence-electron chi connectivity index (χ1n) is 8.16. The molecule has 2 aliphatic heterocycles. The maximum Gasteiger partial charge on any atom is 0.115 e. The Labute approximate surface area is 127 Å². The molecule has 21 heavy (non-hydrogen) atoms. The monoisotopic (exact) mass is 289 g/mol. The third-order valence-corrected chi connectivity index (χ3v) is 5.21. The molecular weight excluding hydrogens is 262 g/mol. The van der Waals surface area contributed by atoms with Gasteiger partial charge in [-0.15, -0.1) is 0 Å². The number of nitrogens with two attached hydrogens (primary N) is 1. The summed E-state index contributed by atoms with van der Waals surface area (Å²) >= 11 is 0. The molecule has 4 nitrogen and oxygen atoms in total. The summed E-state index contributed by atoms with van der Waals surface area (Å²) in [6.45, 7) is 6.90. The predicted molar refractivity (Wildman–Crippen MR) is 85.3 cm³/mol. The lowest BCUT2D eigenvalue weighted by molar-refractivity contribution is 0.146. The van der Waals surface area contributed by atoms with Crippen molar-refractivity contribution < 1.29 is 5.11 Å². The molecule has 0 aliphatic carbocycles. The zero-order valence-electron chi connectivity index (χ0n) is 12.9. The van der Waals surface area contributed by atoms with Gasteiger partial charge in [-0.1, -0.05) is 12.1 Å². The highest BCUT2D eigenvalue weighted by Gasteiger charge is 2.32. The van der Waals surface area contributed by atoms with Gasteiger partial charge in [0, 0.05) is 31.2 Å². The second-order valence-corrected chi connectivity index (χ2v) is 6.58. The Bertz CT molecular complexity index is 454. The van der Waals surface area contributed by atoms with E-state index in [1.54, 1.807) is 12.1 Å². The van der Waals surface area contributed by atoms with Gasteiger partial charge in [0.15, 0.2) is 0 Å². The molecule has 2 saturated heterocycles. The van der Waals surface area contributed by atoms with Gasteiger partial charge in [0.1, 0.15) is 5.75 Å². The molecule has 0 aromatic heterocycles. The second kappa shape index (κ2) is 6.34. The van der Waals surface area contributed by atoms with E-state index in [0.717, 1.165) is 39.0 Å². The number of hydrogen-bond donors (Lipinski definition) is 2. The molecule has 0 spiro atoms. The lowest BCUT2D eigenvalue weighted by Gasteiger charge is -2.35. The lowest BCUT2D eigenvalue weighted by Crippen LogP contribution is -2.46. The Hall–Kier alpha value is -1.10. The molecule has 1 aromatic rings. The van der Waals surface area contributed by atoms with Gasteiger partial charge in [0.2, 0.25) is 0 Å². The minimum atomic E-state index is 0.343. The van der Waals surface area contributed by atoms with Crippen molar-refractivity contribution in [1.82, 2.24) is 9.80 Å². The van der Waals surface area contributed by atoms with Gasteiger partial charge in [-0.2, -0.15) is 0 Å². The van der Waals surface area contributed by atoms with Gasteiger partial charge < -0.3 is 10.8 Å². The summed E-state index contributed by atoms with van der Waals surface area (Å²) in [6.07, 6.45) is 3.55. The van der Waals surface area contributed by atoms with E-state index in [9.17, 15) is 5.11 Å². The Morgan fingerprint density at radius 1 is 1.10 bits per heavy atom. The van der Waals surface area contributed by atoms with Crippen LogP contribution in [0.1, 0.15) is 37.8 Å². The van der Waals surface area contributed by atoms with Crippen molar-refractivity contribution in [2.24, 2.45) is 5.73 Å². The van der Waals surface area contributed by atoms with Gasteiger partial charge in [0.05, 0.1) is 0 Å². The first-order valence-corrected chi connectivity index (χ1v) is 8.16. The van der Waals surface area contributed by atoms with Crippen LogP contribution in [0.3, 0.4) is 0 Å². The van der Waals surface area contributed by atoms with Crippen molar-refractivity contribution in [2.75, 3.05) is 26.2 Å². The van der Waals surface area contributed by atoms with Crippen LogP contribution in [0.5, 0.6) is 5.75 Å². The van der Waals surface area contributed by atoms with E-state index < -0.39 is 0 Å². The quantitative estimate of drug-likeness (QED) is 0.893. The van der Waals surface area contributed by atoms with E-state index >= 15 is 0 Å². The topological polar surface area (TPSA) is 52.7 Å². The van der Waals surface area contributed by atoms with E-state index in [1.807, 2.05) is 12.1 Å². The summed E-state index contributed by atoms with van der Waals surface area (Å²) < 4.78 is 0. The molecule has 0 radical (unpaired) electrons. The standard InChI is InChI=1S/C17H27N3O/c1-13(14-2-4-17(21)5-3-14)20-11-8-16(12-20)19-9-6-15(18)7-10-19/h2-5,13,15-16,21H,6-12,18H2,1H3. The summed E-state index contributed by atoms with van der Waals surface area (Å²) in [4.78, 5) is 5.19. The van der Waals surface area contributed by atoms with Crippen LogP contribution >= 0.6 is 0 Å². The summed E-state index contributed by atoms with van der Waals surface area (Å²) in [5.41, 5.74) is 7.29. The van der Waals surface area contributed by atoms with Crippen molar-refractivity contribution in [3.63, 3.8) is 0 Å². The second-order valence-electron chi connectivity index (χ2n) is 6.58. The molecule has 3 N–H and O–H groups in total. The normalized spacial score (nSPS) is 27.0. The van der Waals surface area contributed by atoms with Crippen LogP contribution in [-0.4, -0.2) is 53.2 Å². The van der Waals surface area contributed by atoms with Crippen molar-refractivity contribution in [1.29, 1.82) is 0 Å². The van der Waals surface area contributed by atoms with Gasteiger partial charge >= 0.3 is 0 Å². The van der Waals surface area contributed by atoms with Gasteiger partial charge in [-0.25, -0.2) is 0 Å². The molecule has 116 valence electrons. The molecule has 4 heteroatoms. The number of phenols is 1. The van der Waals surface area contributed by atoms with Crippen LogP contribution in [0.25, 0.3) is 0 Å². The SMILES string of the molecule is CC(c1ccc(O)cc1)N1CCC(N2CCC(N)CC2)C1. The van der Waals surface area contributed by atoms with Crippen LogP contribution in [0.15, 0.2) is 24.3 Å². The van der Waals surface area contributed by atoms with Crippen molar-refractivity contribution in [3.05, 3.63) is 29.8 Å². The van der Waals surface area contributed by atoms with Crippen molar-refractivity contribution >= 4 is 0 Å². The van der Waals surface area contributed by atoms with Gasteiger partial charge in [-0.05, 0) is 57.0 Å². The molecule has 2 fully saturated rings. The Morgan fingerprint density at radius 3 is 2.43 bits per heavy atom. The molecule has 2 aliphatic rings. The van der Waals surface area contributed by atoms with Gasteiger partial charge in [-0.3, -0.25) is 9.80 Å². The largest absolute Gasteiger partial charge is 0.508 e. The van der Waals surface area contributed by atoms with Crippen LogP contribution in [0.4, 0.5) is 0 Å². The summed E-state index contributed by atoms with van der Waals surface area (Å²) in [7, 11) is 0. The average Bonchev–Trinajstić information content (AvgIpc) is 2.98. The number of benzene rings is 1. The van der Waals surface area contributed by atoms with Crippen LogP contribution in [0.2, 0.25) is 0 Å². The van der Waals surface area contributed by atoms with Gasteiger partial charge in [0.25, 0.3) is 0 Å². The van der Waals surface area contributed by atoms with E-state index in [1.165, 1.54) is 12.0 Å². The molecule has 2 unspecified atom stereocenters. The highest BCUT2D eigenvalue weighted by atomic mass is 16.3. The maximum atomic E-state index is 9.41. The molecule has 0 bridgehead atoms. The Kier molecular flexibility index (Phi) is 4.48. The molecule has 3 rings (SSSR count). The number of hydrogen-bond acceptors (Lipinski definition) is 4. The first kappa shape index (κ1) is 14.8.